The first kappa shape index (κ1) is 12.1. The number of anilines is 1. The van der Waals surface area contributed by atoms with Crippen molar-refractivity contribution in [1.82, 2.24) is 9.97 Å². The van der Waals surface area contributed by atoms with Gasteiger partial charge in [-0.2, -0.15) is 0 Å². The van der Waals surface area contributed by atoms with Gasteiger partial charge in [0.15, 0.2) is 0 Å². The fraction of sp³-hybridized carbons (Fsp3) is 0.0833. The van der Waals surface area contributed by atoms with Gasteiger partial charge in [0.25, 0.3) is 0 Å². The molecular weight excluding hydrogens is 282 g/mol. The van der Waals surface area contributed by atoms with E-state index in [-0.39, 0.29) is 5.01 Å². The van der Waals surface area contributed by atoms with Crippen LogP contribution in [0, 0.1) is 0 Å². The molecule has 0 atom stereocenters. The highest BCUT2D eigenvalue weighted by Gasteiger charge is 2.08. The number of nitrogens with one attached hydrogen (secondary N) is 1. The van der Waals surface area contributed by atoms with Crippen LogP contribution in [0.2, 0.25) is 0 Å². The summed E-state index contributed by atoms with van der Waals surface area (Å²) in [6.07, 6.45) is 0. The zero-order chi connectivity index (χ0) is 13.2. The molecule has 2 aromatic heterocycles. The summed E-state index contributed by atoms with van der Waals surface area (Å²) < 4.78 is 1.12. The molecule has 0 radical (unpaired) electrons. The van der Waals surface area contributed by atoms with Crippen molar-refractivity contribution in [1.29, 1.82) is 0 Å². The molecular formula is C12H9N3O2S2. The third-order valence-electron chi connectivity index (χ3n) is 2.54. The van der Waals surface area contributed by atoms with E-state index in [1.54, 1.807) is 16.7 Å². The normalized spacial score (nSPS) is 10.7. The second-order valence-electron chi connectivity index (χ2n) is 3.84. The predicted octanol–water partition coefficient (Wildman–Crippen LogP) is 3.06. The second kappa shape index (κ2) is 4.94. The summed E-state index contributed by atoms with van der Waals surface area (Å²) >= 11 is 2.73. The van der Waals surface area contributed by atoms with Gasteiger partial charge < -0.3 is 10.4 Å². The third kappa shape index (κ3) is 2.56. The van der Waals surface area contributed by atoms with Crippen molar-refractivity contribution in [2.45, 2.75) is 6.54 Å². The van der Waals surface area contributed by atoms with Gasteiger partial charge in [0.1, 0.15) is 0 Å². The van der Waals surface area contributed by atoms with Crippen LogP contribution in [0.3, 0.4) is 0 Å². The molecule has 0 fully saturated rings. The Morgan fingerprint density at radius 2 is 2.26 bits per heavy atom. The third-order valence-corrected chi connectivity index (χ3v) is 4.21. The Labute approximate surface area is 116 Å². The van der Waals surface area contributed by atoms with Crippen molar-refractivity contribution in [3.63, 3.8) is 0 Å². The van der Waals surface area contributed by atoms with E-state index >= 15 is 0 Å². The average Bonchev–Trinajstić information content (AvgIpc) is 3.04. The highest BCUT2D eigenvalue weighted by Crippen LogP contribution is 2.22. The maximum atomic E-state index is 10.7. The van der Waals surface area contributed by atoms with Gasteiger partial charge in [-0.1, -0.05) is 0 Å². The van der Waals surface area contributed by atoms with Crippen LogP contribution in [-0.2, 0) is 6.54 Å². The number of carbonyl (C=O) groups is 1. The van der Waals surface area contributed by atoms with Crippen LogP contribution in [0.4, 0.5) is 5.69 Å². The Morgan fingerprint density at radius 3 is 3.05 bits per heavy atom. The van der Waals surface area contributed by atoms with Gasteiger partial charge in [-0.3, -0.25) is 0 Å². The monoisotopic (exact) mass is 291 g/mol. The summed E-state index contributed by atoms with van der Waals surface area (Å²) in [4.78, 5) is 19.0. The molecule has 5 nitrogen and oxygen atoms in total. The molecule has 19 heavy (non-hydrogen) atoms. The van der Waals surface area contributed by atoms with Crippen molar-refractivity contribution < 1.29 is 9.90 Å². The fourth-order valence-electron chi connectivity index (χ4n) is 1.64. The van der Waals surface area contributed by atoms with Crippen molar-refractivity contribution in [3.05, 3.63) is 39.8 Å². The number of fused-ring (bicyclic) bond motifs is 1. The first-order chi connectivity index (χ1) is 9.22. The van der Waals surface area contributed by atoms with E-state index in [1.165, 1.54) is 0 Å². The lowest BCUT2D eigenvalue weighted by Crippen LogP contribution is -2.01. The molecule has 0 bridgehead atoms. The summed E-state index contributed by atoms with van der Waals surface area (Å²) in [5, 5.41) is 13.9. The lowest BCUT2D eigenvalue weighted by atomic mass is 10.3. The number of aromatic nitrogens is 2. The van der Waals surface area contributed by atoms with Gasteiger partial charge >= 0.3 is 5.97 Å². The van der Waals surface area contributed by atoms with Crippen LogP contribution < -0.4 is 5.32 Å². The molecule has 0 amide bonds. The Bertz CT molecular complexity index is 735. The molecule has 1 aromatic carbocycles. The van der Waals surface area contributed by atoms with Gasteiger partial charge in [0.05, 0.1) is 28.0 Å². The molecule has 0 aliphatic rings. The Hall–Kier alpha value is -1.99. The number of carboxylic acid groups (broad SMARTS) is 1. The summed E-state index contributed by atoms with van der Waals surface area (Å²) in [7, 11) is 0. The largest absolute Gasteiger partial charge is 0.476 e. The summed E-state index contributed by atoms with van der Waals surface area (Å²) in [5.74, 6) is -0.984. The lowest BCUT2D eigenvalue weighted by Gasteiger charge is -2.03. The fourth-order valence-corrected chi connectivity index (χ4v) is 3.01. The van der Waals surface area contributed by atoms with Crippen LogP contribution in [0.1, 0.15) is 15.5 Å². The van der Waals surface area contributed by atoms with Crippen LogP contribution in [0.25, 0.3) is 10.2 Å². The Kier molecular flexibility index (Phi) is 3.14. The Balaban J connectivity index is 1.72. The van der Waals surface area contributed by atoms with E-state index in [0.717, 1.165) is 32.9 Å². The summed E-state index contributed by atoms with van der Waals surface area (Å²) in [5.41, 5.74) is 4.50. The number of hydrogen-bond donors (Lipinski definition) is 2. The number of benzene rings is 1. The van der Waals surface area contributed by atoms with Crippen LogP contribution >= 0.6 is 22.7 Å². The molecule has 0 unspecified atom stereocenters. The highest BCUT2D eigenvalue weighted by molar-refractivity contribution is 7.16. The van der Waals surface area contributed by atoms with Crippen molar-refractivity contribution in [2.24, 2.45) is 0 Å². The minimum atomic E-state index is -0.984. The SMILES string of the molecule is O=C(O)c1nc(CNc2ccc3ncsc3c2)cs1. The lowest BCUT2D eigenvalue weighted by molar-refractivity contribution is 0.0696. The maximum Gasteiger partial charge on any atom is 0.365 e. The van der Waals surface area contributed by atoms with E-state index in [0.29, 0.717) is 6.54 Å². The van der Waals surface area contributed by atoms with Gasteiger partial charge in [0, 0.05) is 11.1 Å². The molecule has 0 saturated carbocycles. The molecule has 0 aliphatic heterocycles. The molecule has 7 heteroatoms. The predicted molar refractivity (Wildman–Crippen MR) is 76.0 cm³/mol. The number of carboxylic acids is 1. The molecule has 2 N–H and O–H groups in total. The summed E-state index contributed by atoms with van der Waals surface area (Å²) in [6.45, 7) is 0.508. The minimum absolute atomic E-state index is 0.120. The van der Waals surface area contributed by atoms with E-state index in [2.05, 4.69) is 15.3 Å². The molecule has 3 aromatic rings. The first-order valence-corrected chi connectivity index (χ1v) is 7.23. The smallest absolute Gasteiger partial charge is 0.365 e. The number of rotatable bonds is 4. The number of thiazole rings is 2. The van der Waals surface area contributed by atoms with Crippen molar-refractivity contribution >= 4 is 44.5 Å². The Morgan fingerprint density at radius 1 is 1.37 bits per heavy atom. The zero-order valence-electron chi connectivity index (χ0n) is 9.66. The number of hydrogen-bond acceptors (Lipinski definition) is 6. The van der Waals surface area contributed by atoms with E-state index in [4.69, 9.17) is 5.11 Å². The van der Waals surface area contributed by atoms with Crippen molar-refractivity contribution in [2.75, 3.05) is 5.32 Å². The quantitative estimate of drug-likeness (QED) is 0.772. The molecule has 3 rings (SSSR count). The number of nitrogens with zero attached hydrogens (tertiary/aromatic N) is 2. The molecule has 2 heterocycles. The molecule has 0 spiro atoms. The van der Waals surface area contributed by atoms with Crippen molar-refractivity contribution in [3.8, 4) is 0 Å². The average molecular weight is 291 g/mol. The van der Waals surface area contributed by atoms with Gasteiger partial charge in [0.2, 0.25) is 5.01 Å². The zero-order valence-corrected chi connectivity index (χ0v) is 11.3. The van der Waals surface area contributed by atoms with E-state index in [1.807, 2.05) is 23.7 Å². The highest BCUT2D eigenvalue weighted by atomic mass is 32.1. The van der Waals surface area contributed by atoms with Crippen LogP contribution in [0.5, 0.6) is 0 Å². The summed E-state index contributed by atoms with van der Waals surface area (Å²) in [6, 6.07) is 5.93. The van der Waals surface area contributed by atoms with Gasteiger partial charge in [-0.25, -0.2) is 14.8 Å². The topological polar surface area (TPSA) is 75.1 Å². The standard InChI is InChI=1S/C12H9N3O2S2/c16-12(17)11-15-8(5-18-11)4-13-7-1-2-9-10(3-7)19-6-14-9/h1-3,5-6,13H,4H2,(H,16,17). The van der Waals surface area contributed by atoms with Gasteiger partial charge in [-0.15, -0.1) is 22.7 Å². The molecule has 0 aliphatic carbocycles. The van der Waals surface area contributed by atoms with E-state index < -0.39 is 5.97 Å². The van der Waals surface area contributed by atoms with Crippen LogP contribution in [-0.4, -0.2) is 21.0 Å². The second-order valence-corrected chi connectivity index (χ2v) is 5.58. The minimum Gasteiger partial charge on any atom is -0.476 e. The first-order valence-electron chi connectivity index (χ1n) is 5.47. The maximum absolute atomic E-state index is 10.7. The molecule has 96 valence electrons. The van der Waals surface area contributed by atoms with Crippen LogP contribution in [0.15, 0.2) is 29.1 Å². The van der Waals surface area contributed by atoms with Gasteiger partial charge in [-0.05, 0) is 18.2 Å². The van der Waals surface area contributed by atoms with E-state index in [9.17, 15) is 4.79 Å². The number of aromatic carboxylic acids is 1. The molecule has 0 saturated heterocycles.